The quantitative estimate of drug-likeness (QED) is 0.585. The van der Waals surface area contributed by atoms with Gasteiger partial charge < -0.3 is 9.47 Å². The number of hydrogen-bond donors (Lipinski definition) is 1. The van der Waals surface area contributed by atoms with E-state index < -0.39 is 10.0 Å². The number of anilines is 1. The van der Waals surface area contributed by atoms with E-state index in [-0.39, 0.29) is 16.8 Å². The van der Waals surface area contributed by atoms with Crippen molar-refractivity contribution in [3.8, 4) is 0 Å². The monoisotopic (exact) mass is 487 g/mol. The van der Waals surface area contributed by atoms with Crippen LogP contribution in [0.5, 0.6) is 0 Å². The number of amides is 1. The molecular weight excluding hydrogens is 466 g/mol. The van der Waals surface area contributed by atoms with Gasteiger partial charge in [-0.2, -0.15) is 0 Å². The Kier molecular flexibility index (Phi) is 5.46. The zero-order valence-electron chi connectivity index (χ0n) is 16.7. The SMILES string of the molecule is Cc1ccc(Br)c(NS(=O)(=O)c2cccc(C(=O)N3CCn4cccc4[C@H]3C)c2)c1. The van der Waals surface area contributed by atoms with Gasteiger partial charge in [-0.05, 0) is 77.8 Å². The van der Waals surface area contributed by atoms with Gasteiger partial charge in [0, 0.05) is 35.0 Å². The van der Waals surface area contributed by atoms with Gasteiger partial charge in [0.2, 0.25) is 0 Å². The average molecular weight is 488 g/mol. The van der Waals surface area contributed by atoms with Crippen molar-refractivity contribution in [2.45, 2.75) is 31.3 Å². The van der Waals surface area contributed by atoms with Crippen LogP contribution >= 0.6 is 15.9 Å². The van der Waals surface area contributed by atoms with Crippen molar-refractivity contribution in [3.05, 3.63) is 82.1 Å². The van der Waals surface area contributed by atoms with Gasteiger partial charge in [0.25, 0.3) is 15.9 Å². The summed E-state index contributed by atoms with van der Waals surface area (Å²) in [4.78, 5) is 15.0. The molecule has 0 fully saturated rings. The molecule has 1 amide bonds. The van der Waals surface area contributed by atoms with Crippen LogP contribution in [0.1, 0.15) is 34.6 Å². The van der Waals surface area contributed by atoms with Crippen molar-refractivity contribution >= 4 is 37.5 Å². The Morgan fingerprint density at radius 1 is 1.10 bits per heavy atom. The minimum atomic E-state index is -3.85. The van der Waals surface area contributed by atoms with E-state index in [1.807, 2.05) is 38.2 Å². The first-order chi connectivity index (χ1) is 14.3. The third kappa shape index (κ3) is 3.89. The van der Waals surface area contributed by atoms with E-state index in [1.54, 1.807) is 29.2 Å². The van der Waals surface area contributed by atoms with Gasteiger partial charge in [0.15, 0.2) is 0 Å². The molecule has 3 aromatic rings. The Balaban J connectivity index is 1.61. The lowest BCUT2D eigenvalue weighted by Gasteiger charge is -2.35. The first kappa shape index (κ1) is 20.7. The topological polar surface area (TPSA) is 71.4 Å². The van der Waals surface area contributed by atoms with Crippen molar-refractivity contribution in [1.29, 1.82) is 0 Å². The van der Waals surface area contributed by atoms with Crippen LogP contribution in [0.4, 0.5) is 5.69 Å². The normalized spacial score (nSPS) is 16.2. The number of hydrogen-bond acceptors (Lipinski definition) is 3. The van der Waals surface area contributed by atoms with Gasteiger partial charge >= 0.3 is 0 Å². The maximum atomic E-state index is 13.2. The highest BCUT2D eigenvalue weighted by atomic mass is 79.9. The van der Waals surface area contributed by atoms with Crippen molar-refractivity contribution in [1.82, 2.24) is 9.47 Å². The number of rotatable bonds is 4. The predicted molar refractivity (Wildman–Crippen MR) is 120 cm³/mol. The van der Waals surface area contributed by atoms with Gasteiger partial charge in [0.1, 0.15) is 0 Å². The lowest BCUT2D eigenvalue weighted by atomic mass is 10.1. The van der Waals surface area contributed by atoms with E-state index in [0.717, 1.165) is 17.8 Å². The molecule has 2 heterocycles. The average Bonchev–Trinajstić information content (AvgIpc) is 3.20. The molecule has 1 N–H and O–H groups in total. The van der Waals surface area contributed by atoms with Crippen molar-refractivity contribution in [2.75, 3.05) is 11.3 Å². The summed E-state index contributed by atoms with van der Waals surface area (Å²) >= 11 is 3.37. The Bertz CT molecular complexity index is 1220. The number of fused-ring (bicyclic) bond motifs is 1. The molecule has 6 nitrogen and oxygen atoms in total. The number of aryl methyl sites for hydroxylation is 1. The van der Waals surface area contributed by atoms with Crippen LogP contribution < -0.4 is 4.72 Å². The fraction of sp³-hybridized carbons (Fsp3) is 0.227. The maximum absolute atomic E-state index is 13.2. The van der Waals surface area contributed by atoms with Gasteiger partial charge in [-0.3, -0.25) is 9.52 Å². The van der Waals surface area contributed by atoms with Crippen LogP contribution in [0.15, 0.2) is 70.2 Å². The zero-order chi connectivity index (χ0) is 21.5. The first-order valence-electron chi connectivity index (χ1n) is 9.61. The summed E-state index contributed by atoms with van der Waals surface area (Å²) in [6.45, 7) is 5.17. The van der Waals surface area contributed by atoms with Gasteiger partial charge in [-0.15, -0.1) is 0 Å². The summed E-state index contributed by atoms with van der Waals surface area (Å²) in [6.07, 6.45) is 2.01. The van der Waals surface area contributed by atoms with E-state index in [0.29, 0.717) is 22.3 Å². The highest BCUT2D eigenvalue weighted by Crippen LogP contribution is 2.29. The smallest absolute Gasteiger partial charge is 0.261 e. The second kappa shape index (κ2) is 7.92. The molecule has 8 heteroatoms. The third-order valence-corrected chi connectivity index (χ3v) is 7.42. The number of benzene rings is 2. The van der Waals surface area contributed by atoms with E-state index >= 15 is 0 Å². The minimum Gasteiger partial charge on any atom is -0.348 e. The molecule has 1 aliphatic heterocycles. The molecule has 0 aliphatic carbocycles. The van der Waals surface area contributed by atoms with Crippen molar-refractivity contribution < 1.29 is 13.2 Å². The number of nitrogens with one attached hydrogen (secondary N) is 1. The van der Waals surface area contributed by atoms with Crippen molar-refractivity contribution in [2.24, 2.45) is 0 Å². The summed E-state index contributed by atoms with van der Waals surface area (Å²) in [5.74, 6) is -0.177. The van der Waals surface area contributed by atoms with E-state index in [9.17, 15) is 13.2 Å². The minimum absolute atomic E-state index is 0.0507. The van der Waals surface area contributed by atoms with E-state index in [4.69, 9.17) is 0 Å². The molecule has 0 saturated heterocycles. The van der Waals surface area contributed by atoms with E-state index in [1.165, 1.54) is 12.1 Å². The summed E-state index contributed by atoms with van der Waals surface area (Å²) in [6, 6.07) is 15.5. The second-order valence-corrected chi connectivity index (χ2v) is 9.95. The van der Waals surface area contributed by atoms with Crippen LogP contribution in [0.2, 0.25) is 0 Å². The third-order valence-electron chi connectivity index (χ3n) is 5.36. The summed E-state index contributed by atoms with van der Waals surface area (Å²) < 4.78 is 31.3. The van der Waals surface area contributed by atoms with Crippen LogP contribution in [-0.4, -0.2) is 30.3 Å². The standard InChI is InChI=1S/C22H22BrN3O3S/c1-15-8-9-19(23)20(13-15)24-30(28,29)18-6-3-5-17(14-18)22(27)26-12-11-25-10-4-7-21(25)16(26)2/h3-10,13-14,16,24H,11-12H2,1-2H3/t16-/m1/s1. The summed E-state index contributed by atoms with van der Waals surface area (Å²) in [5, 5.41) is 0. The maximum Gasteiger partial charge on any atom is 0.261 e. The fourth-order valence-electron chi connectivity index (χ4n) is 3.74. The molecular formula is C22H22BrN3O3S. The molecule has 1 aromatic heterocycles. The molecule has 1 aliphatic rings. The fourth-order valence-corrected chi connectivity index (χ4v) is 5.33. The molecule has 2 aromatic carbocycles. The highest BCUT2D eigenvalue weighted by molar-refractivity contribution is 9.10. The molecule has 0 spiro atoms. The summed E-state index contributed by atoms with van der Waals surface area (Å²) in [7, 11) is -3.85. The van der Waals surface area contributed by atoms with Crippen LogP contribution in [-0.2, 0) is 16.6 Å². The highest BCUT2D eigenvalue weighted by Gasteiger charge is 2.28. The Hall–Kier alpha value is -2.58. The molecule has 0 unspecified atom stereocenters. The number of halogens is 1. The lowest BCUT2D eigenvalue weighted by molar-refractivity contribution is 0.0644. The van der Waals surface area contributed by atoms with E-state index in [2.05, 4.69) is 25.2 Å². The van der Waals surface area contributed by atoms with Gasteiger partial charge in [-0.1, -0.05) is 12.1 Å². The molecule has 0 bridgehead atoms. The Morgan fingerprint density at radius 2 is 1.90 bits per heavy atom. The lowest BCUT2D eigenvalue weighted by Crippen LogP contribution is -2.40. The molecule has 30 heavy (non-hydrogen) atoms. The predicted octanol–water partition coefficient (Wildman–Crippen LogP) is 4.58. The largest absolute Gasteiger partial charge is 0.348 e. The number of sulfonamides is 1. The molecule has 4 rings (SSSR count). The second-order valence-electron chi connectivity index (χ2n) is 7.42. The molecule has 156 valence electrons. The molecule has 0 radical (unpaired) electrons. The number of carbonyl (C=O) groups excluding carboxylic acids is 1. The number of nitrogens with zero attached hydrogens (tertiary/aromatic N) is 2. The van der Waals surface area contributed by atoms with Crippen LogP contribution in [0.25, 0.3) is 0 Å². The van der Waals surface area contributed by atoms with Crippen LogP contribution in [0.3, 0.4) is 0 Å². The van der Waals surface area contributed by atoms with Gasteiger partial charge in [0.05, 0.1) is 16.6 Å². The van der Waals surface area contributed by atoms with Crippen LogP contribution in [0, 0.1) is 6.92 Å². The number of aromatic nitrogens is 1. The summed E-state index contributed by atoms with van der Waals surface area (Å²) in [5.41, 5.74) is 2.82. The number of carbonyl (C=O) groups is 1. The van der Waals surface area contributed by atoms with Crippen molar-refractivity contribution in [3.63, 3.8) is 0 Å². The Morgan fingerprint density at radius 3 is 2.70 bits per heavy atom. The molecule has 1 atom stereocenters. The Labute approximate surface area is 184 Å². The zero-order valence-corrected chi connectivity index (χ0v) is 19.1. The van der Waals surface area contributed by atoms with Gasteiger partial charge in [-0.25, -0.2) is 8.42 Å². The first-order valence-corrected chi connectivity index (χ1v) is 11.9. The molecule has 0 saturated carbocycles.